The van der Waals surface area contributed by atoms with E-state index >= 15 is 0 Å². The molecule has 0 saturated carbocycles. The maximum Gasteiger partial charge on any atom is 0.120 e. The Bertz CT molecular complexity index is 545. The van der Waals surface area contributed by atoms with Crippen LogP contribution in [0.4, 0.5) is 0 Å². The summed E-state index contributed by atoms with van der Waals surface area (Å²) in [6.45, 7) is 8.34. The van der Waals surface area contributed by atoms with E-state index in [0.717, 1.165) is 28.6 Å². The number of hydrogen-bond acceptors (Lipinski definition) is 1. The van der Waals surface area contributed by atoms with Gasteiger partial charge in [-0.05, 0) is 22.3 Å². The lowest BCUT2D eigenvalue weighted by Gasteiger charge is -2.20. The molecular formula is C19H18O. The first-order chi connectivity index (χ1) is 9.74. The summed E-state index contributed by atoms with van der Waals surface area (Å²) in [6.07, 6.45) is 1.34. The van der Waals surface area contributed by atoms with E-state index in [0.29, 0.717) is 6.42 Å². The van der Waals surface area contributed by atoms with Crippen LogP contribution in [0.1, 0.15) is 17.5 Å². The summed E-state index contributed by atoms with van der Waals surface area (Å²) in [6, 6.07) is 19.9. The van der Waals surface area contributed by atoms with Crippen LogP contribution < -0.4 is 0 Å². The summed E-state index contributed by atoms with van der Waals surface area (Å²) in [5, 5.41) is 0. The molecule has 100 valence electrons. The molecule has 0 spiro atoms. The standard InChI is InChI=1S/C19H18O/c1-15(17-9-5-3-6-10-17)19(13-14-20)16(2)18-11-7-4-8-12-18/h3-12,14,19H,1-2,13H2. The Labute approximate surface area is 120 Å². The van der Waals surface area contributed by atoms with Gasteiger partial charge in [-0.1, -0.05) is 73.8 Å². The lowest BCUT2D eigenvalue weighted by Crippen LogP contribution is -2.06. The molecule has 0 heterocycles. The lowest BCUT2D eigenvalue weighted by atomic mass is 9.83. The molecule has 0 fully saturated rings. The van der Waals surface area contributed by atoms with Gasteiger partial charge in [0.1, 0.15) is 6.29 Å². The highest BCUT2D eigenvalue weighted by molar-refractivity contribution is 5.82. The average molecular weight is 262 g/mol. The third-order valence-electron chi connectivity index (χ3n) is 3.46. The van der Waals surface area contributed by atoms with Crippen molar-refractivity contribution in [2.24, 2.45) is 5.92 Å². The van der Waals surface area contributed by atoms with E-state index in [-0.39, 0.29) is 5.92 Å². The van der Waals surface area contributed by atoms with Crippen LogP contribution in [0, 0.1) is 5.92 Å². The summed E-state index contributed by atoms with van der Waals surface area (Å²) >= 11 is 0. The zero-order valence-corrected chi connectivity index (χ0v) is 11.5. The van der Waals surface area contributed by atoms with Crippen LogP contribution in [0.25, 0.3) is 11.1 Å². The highest BCUT2D eigenvalue weighted by atomic mass is 16.1. The number of hydrogen-bond donors (Lipinski definition) is 0. The van der Waals surface area contributed by atoms with Gasteiger partial charge in [-0.3, -0.25) is 0 Å². The molecule has 0 bridgehead atoms. The fourth-order valence-corrected chi connectivity index (χ4v) is 2.30. The van der Waals surface area contributed by atoms with Gasteiger partial charge in [0, 0.05) is 12.3 Å². The lowest BCUT2D eigenvalue weighted by molar-refractivity contribution is -0.108. The van der Waals surface area contributed by atoms with Gasteiger partial charge in [0.15, 0.2) is 0 Å². The van der Waals surface area contributed by atoms with Gasteiger partial charge in [-0.25, -0.2) is 0 Å². The Balaban J connectivity index is 2.30. The second kappa shape index (κ2) is 6.67. The molecule has 2 rings (SSSR count). The number of allylic oxidation sites excluding steroid dienone is 2. The molecule has 0 radical (unpaired) electrons. The summed E-state index contributed by atoms with van der Waals surface area (Å²) in [5.74, 6) is -0.0581. The molecule has 1 nitrogen and oxygen atoms in total. The van der Waals surface area contributed by atoms with Crippen molar-refractivity contribution in [3.05, 3.63) is 84.9 Å². The Morgan fingerprint density at radius 1 is 0.850 bits per heavy atom. The molecule has 0 aromatic heterocycles. The molecule has 0 saturated heterocycles. The predicted octanol–water partition coefficient (Wildman–Crippen LogP) is 4.62. The minimum Gasteiger partial charge on any atom is -0.303 e. The van der Waals surface area contributed by atoms with Gasteiger partial charge in [0.2, 0.25) is 0 Å². The normalized spacial score (nSPS) is 10.2. The molecular weight excluding hydrogens is 244 g/mol. The SMILES string of the molecule is C=C(c1ccccc1)C(CC=O)C(=C)c1ccccc1. The Morgan fingerprint density at radius 2 is 1.25 bits per heavy atom. The van der Waals surface area contributed by atoms with Crippen LogP contribution in [-0.4, -0.2) is 6.29 Å². The average Bonchev–Trinajstić information content (AvgIpc) is 2.53. The van der Waals surface area contributed by atoms with E-state index in [9.17, 15) is 4.79 Å². The van der Waals surface area contributed by atoms with Crippen LogP contribution in [0.3, 0.4) is 0 Å². The second-order valence-electron chi connectivity index (χ2n) is 4.74. The Kier molecular flexibility index (Phi) is 4.67. The molecule has 0 amide bonds. The molecule has 0 aliphatic rings. The van der Waals surface area contributed by atoms with Crippen LogP contribution in [0.15, 0.2) is 73.8 Å². The van der Waals surface area contributed by atoms with Gasteiger partial charge < -0.3 is 4.79 Å². The fourth-order valence-electron chi connectivity index (χ4n) is 2.30. The van der Waals surface area contributed by atoms with E-state index in [1.54, 1.807) is 0 Å². The minimum atomic E-state index is -0.0581. The maximum atomic E-state index is 11.0. The fraction of sp³-hybridized carbons (Fsp3) is 0.105. The van der Waals surface area contributed by atoms with Gasteiger partial charge in [0.25, 0.3) is 0 Å². The van der Waals surface area contributed by atoms with Crippen LogP contribution in [0.2, 0.25) is 0 Å². The van der Waals surface area contributed by atoms with Crippen molar-refractivity contribution in [1.29, 1.82) is 0 Å². The summed E-state index contributed by atoms with van der Waals surface area (Å²) in [4.78, 5) is 11.0. The van der Waals surface area contributed by atoms with Gasteiger partial charge in [-0.2, -0.15) is 0 Å². The number of rotatable bonds is 6. The largest absolute Gasteiger partial charge is 0.303 e. The summed E-state index contributed by atoms with van der Waals surface area (Å²) in [7, 11) is 0. The molecule has 1 heteroatoms. The summed E-state index contributed by atoms with van der Waals surface area (Å²) < 4.78 is 0. The second-order valence-corrected chi connectivity index (χ2v) is 4.74. The smallest absolute Gasteiger partial charge is 0.120 e. The molecule has 0 unspecified atom stereocenters. The van der Waals surface area contributed by atoms with Crippen molar-refractivity contribution in [3.8, 4) is 0 Å². The maximum absolute atomic E-state index is 11.0. The minimum absolute atomic E-state index is 0.0581. The third kappa shape index (κ3) is 3.12. The highest BCUT2D eigenvalue weighted by Gasteiger charge is 2.18. The van der Waals surface area contributed by atoms with Crippen LogP contribution in [-0.2, 0) is 4.79 Å². The third-order valence-corrected chi connectivity index (χ3v) is 3.46. The van der Waals surface area contributed by atoms with Crippen molar-refractivity contribution in [1.82, 2.24) is 0 Å². The van der Waals surface area contributed by atoms with Gasteiger partial charge in [0.05, 0.1) is 0 Å². The molecule has 20 heavy (non-hydrogen) atoms. The van der Waals surface area contributed by atoms with Gasteiger partial charge >= 0.3 is 0 Å². The molecule has 0 atom stereocenters. The molecule has 0 aliphatic carbocycles. The topological polar surface area (TPSA) is 17.1 Å². The van der Waals surface area contributed by atoms with Crippen molar-refractivity contribution < 1.29 is 4.79 Å². The first kappa shape index (κ1) is 14.0. The van der Waals surface area contributed by atoms with E-state index in [2.05, 4.69) is 13.2 Å². The van der Waals surface area contributed by atoms with Crippen molar-refractivity contribution in [2.75, 3.05) is 0 Å². The molecule has 2 aromatic carbocycles. The monoisotopic (exact) mass is 262 g/mol. The van der Waals surface area contributed by atoms with E-state index in [4.69, 9.17) is 0 Å². The number of aldehydes is 1. The van der Waals surface area contributed by atoms with E-state index < -0.39 is 0 Å². The number of carbonyl (C=O) groups is 1. The van der Waals surface area contributed by atoms with Crippen molar-refractivity contribution >= 4 is 17.4 Å². The Hall–Kier alpha value is -2.41. The zero-order chi connectivity index (χ0) is 14.4. The number of carbonyl (C=O) groups excluding carboxylic acids is 1. The van der Waals surface area contributed by atoms with Crippen LogP contribution >= 0.6 is 0 Å². The molecule has 2 aromatic rings. The number of benzene rings is 2. The van der Waals surface area contributed by atoms with E-state index in [1.807, 2.05) is 60.7 Å². The molecule has 0 aliphatic heterocycles. The van der Waals surface area contributed by atoms with Crippen molar-refractivity contribution in [3.63, 3.8) is 0 Å². The predicted molar refractivity (Wildman–Crippen MR) is 85.1 cm³/mol. The zero-order valence-electron chi connectivity index (χ0n) is 11.5. The Morgan fingerprint density at radius 3 is 1.60 bits per heavy atom. The quantitative estimate of drug-likeness (QED) is 0.694. The van der Waals surface area contributed by atoms with Crippen molar-refractivity contribution in [2.45, 2.75) is 6.42 Å². The first-order valence-electron chi connectivity index (χ1n) is 6.66. The summed E-state index contributed by atoms with van der Waals surface area (Å²) in [5.41, 5.74) is 3.98. The first-order valence-corrected chi connectivity index (χ1v) is 6.66. The highest BCUT2D eigenvalue weighted by Crippen LogP contribution is 2.34. The van der Waals surface area contributed by atoms with E-state index in [1.165, 1.54) is 0 Å². The van der Waals surface area contributed by atoms with Crippen LogP contribution in [0.5, 0.6) is 0 Å². The van der Waals surface area contributed by atoms with Gasteiger partial charge in [-0.15, -0.1) is 0 Å². The molecule has 0 N–H and O–H groups in total.